The van der Waals surface area contributed by atoms with Gasteiger partial charge < -0.3 is 0 Å². The summed E-state index contributed by atoms with van der Waals surface area (Å²) >= 11 is 3.25. The molecule has 1 heteroatoms. The molecular formula is C14H21Br. The number of alkyl halides is 1. The molecular weight excluding hydrogens is 248 g/mol. The summed E-state index contributed by atoms with van der Waals surface area (Å²) in [4.78, 5) is 0. The fourth-order valence-electron chi connectivity index (χ4n) is 1.64. The summed E-state index contributed by atoms with van der Waals surface area (Å²) in [6.45, 7) is 2.13. The topological polar surface area (TPSA) is 0 Å². The fraction of sp³-hybridized carbons (Fsp3) is 0.571. The van der Waals surface area contributed by atoms with Crippen LogP contribution in [0, 0.1) is 5.92 Å². The van der Waals surface area contributed by atoms with E-state index in [-0.39, 0.29) is 0 Å². The molecule has 0 spiro atoms. The quantitative estimate of drug-likeness (QED) is 0.690. The van der Waals surface area contributed by atoms with Crippen LogP contribution in [0.4, 0.5) is 0 Å². The zero-order valence-electron chi connectivity index (χ0n) is 9.58. The van der Waals surface area contributed by atoms with Crippen molar-refractivity contribution in [2.75, 3.05) is 5.33 Å². The van der Waals surface area contributed by atoms with E-state index < -0.39 is 0 Å². The van der Waals surface area contributed by atoms with E-state index in [1.807, 2.05) is 0 Å². The Morgan fingerprint density at radius 2 is 1.80 bits per heavy atom. The molecule has 0 heterocycles. The minimum Gasteiger partial charge on any atom is -0.0928 e. The van der Waals surface area contributed by atoms with E-state index in [0.717, 1.165) is 11.2 Å². The van der Waals surface area contributed by atoms with Crippen molar-refractivity contribution in [3.8, 4) is 0 Å². The van der Waals surface area contributed by atoms with Gasteiger partial charge in [0.25, 0.3) is 0 Å². The van der Waals surface area contributed by atoms with Crippen molar-refractivity contribution in [2.45, 2.75) is 39.0 Å². The molecule has 0 saturated heterocycles. The van der Waals surface area contributed by atoms with Gasteiger partial charge in [0, 0.05) is 5.33 Å². The van der Waals surface area contributed by atoms with Gasteiger partial charge in [-0.2, -0.15) is 0 Å². The van der Waals surface area contributed by atoms with Gasteiger partial charge in [-0.3, -0.25) is 0 Å². The molecule has 0 amide bonds. The third-order valence-corrected chi connectivity index (χ3v) is 3.57. The summed E-state index contributed by atoms with van der Waals surface area (Å²) in [7, 11) is 0. The average Bonchev–Trinajstić information content (AvgIpc) is 2.25. The van der Waals surface area contributed by atoms with Gasteiger partial charge in [0.1, 0.15) is 0 Å². The van der Waals surface area contributed by atoms with Gasteiger partial charge in [-0.15, -0.1) is 0 Å². The Morgan fingerprint density at radius 3 is 2.20 bits per heavy atom. The molecule has 1 aromatic carbocycles. The Hall–Kier alpha value is -0.300. The molecule has 0 atom stereocenters. The first-order chi connectivity index (χ1) is 7.36. The minimum absolute atomic E-state index is 0.998. The molecule has 0 bridgehead atoms. The molecule has 84 valence electrons. The van der Waals surface area contributed by atoms with Crippen LogP contribution in [0.1, 0.15) is 38.2 Å². The number of halogens is 1. The van der Waals surface area contributed by atoms with E-state index in [0.29, 0.717) is 0 Å². The lowest BCUT2D eigenvalue weighted by molar-refractivity contribution is 0.314. The van der Waals surface area contributed by atoms with Gasteiger partial charge in [-0.05, 0) is 24.3 Å². The smallest absolute Gasteiger partial charge is 0.00286 e. The molecule has 0 aromatic heterocycles. The van der Waals surface area contributed by atoms with Crippen molar-refractivity contribution in [2.24, 2.45) is 5.92 Å². The molecule has 0 unspecified atom stereocenters. The molecule has 1 saturated carbocycles. The summed E-state index contributed by atoms with van der Waals surface area (Å²) in [5.41, 5.74) is 1.51. The lowest BCUT2D eigenvalue weighted by atomic mass is 9.81. The monoisotopic (exact) mass is 268 g/mol. The second-order valence-electron chi connectivity index (χ2n) is 4.18. The predicted octanol–water partition coefficient (Wildman–Crippen LogP) is 4.82. The highest BCUT2D eigenvalue weighted by atomic mass is 79.9. The molecule has 0 nitrogen and oxygen atoms in total. The highest BCUT2D eigenvalue weighted by Gasteiger charge is 2.16. The zero-order chi connectivity index (χ0) is 10.9. The number of hydrogen-bond acceptors (Lipinski definition) is 0. The van der Waals surface area contributed by atoms with Crippen molar-refractivity contribution < 1.29 is 0 Å². The minimum atomic E-state index is 0.998. The largest absolute Gasteiger partial charge is 0.0928 e. The predicted molar refractivity (Wildman–Crippen MR) is 71.6 cm³/mol. The fourth-order valence-corrected chi connectivity index (χ4v) is 1.64. The molecule has 2 rings (SSSR count). The molecule has 1 aromatic rings. The SMILES string of the molecule is CCCBr.c1ccc(CC2CCC2)cc1. The molecule has 1 fully saturated rings. The van der Waals surface area contributed by atoms with Gasteiger partial charge in [0.2, 0.25) is 0 Å². The van der Waals surface area contributed by atoms with Crippen LogP contribution in [-0.4, -0.2) is 5.33 Å². The maximum absolute atomic E-state index is 3.25. The summed E-state index contributed by atoms with van der Waals surface area (Å²) in [6.07, 6.45) is 6.90. The number of rotatable bonds is 3. The molecule has 15 heavy (non-hydrogen) atoms. The van der Waals surface area contributed by atoms with Crippen LogP contribution in [0.15, 0.2) is 30.3 Å². The van der Waals surface area contributed by atoms with Crippen LogP contribution in [0.25, 0.3) is 0 Å². The Bertz CT molecular complexity index is 237. The van der Waals surface area contributed by atoms with E-state index in [2.05, 4.69) is 53.2 Å². The van der Waals surface area contributed by atoms with Crippen molar-refractivity contribution in [1.29, 1.82) is 0 Å². The van der Waals surface area contributed by atoms with Crippen molar-refractivity contribution in [1.82, 2.24) is 0 Å². The lowest BCUT2D eigenvalue weighted by Gasteiger charge is -2.25. The third kappa shape index (κ3) is 5.36. The van der Waals surface area contributed by atoms with Crippen LogP contribution >= 0.6 is 15.9 Å². The highest BCUT2D eigenvalue weighted by molar-refractivity contribution is 9.09. The van der Waals surface area contributed by atoms with E-state index in [4.69, 9.17) is 0 Å². The number of benzene rings is 1. The Balaban J connectivity index is 0.000000245. The van der Waals surface area contributed by atoms with Crippen molar-refractivity contribution >= 4 is 15.9 Å². The lowest BCUT2D eigenvalue weighted by Crippen LogP contribution is -2.13. The van der Waals surface area contributed by atoms with Gasteiger partial charge in [-0.1, -0.05) is 72.4 Å². The first-order valence-electron chi connectivity index (χ1n) is 5.96. The van der Waals surface area contributed by atoms with Gasteiger partial charge in [0.05, 0.1) is 0 Å². The molecule has 1 aliphatic carbocycles. The zero-order valence-corrected chi connectivity index (χ0v) is 11.2. The van der Waals surface area contributed by atoms with Crippen molar-refractivity contribution in [3.05, 3.63) is 35.9 Å². The first kappa shape index (κ1) is 12.8. The average molecular weight is 269 g/mol. The van der Waals surface area contributed by atoms with Gasteiger partial charge in [-0.25, -0.2) is 0 Å². The third-order valence-electron chi connectivity index (χ3n) is 2.78. The van der Waals surface area contributed by atoms with Crippen LogP contribution < -0.4 is 0 Å². The van der Waals surface area contributed by atoms with E-state index in [1.165, 1.54) is 37.7 Å². The van der Waals surface area contributed by atoms with E-state index in [1.54, 1.807) is 0 Å². The summed E-state index contributed by atoms with van der Waals surface area (Å²) < 4.78 is 0. The van der Waals surface area contributed by atoms with Gasteiger partial charge in [0.15, 0.2) is 0 Å². The van der Waals surface area contributed by atoms with Crippen LogP contribution in [0.2, 0.25) is 0 Å². The molecule has 0 aliphatic heterocycles. The molecule has 0 radical (unpaired) electrons. The van der Waals surface area contributed by atoms with E-state index in [9.17, 15) is 0 Å². The second kappa shape index (κ2) is 7.92. The second-order valence-corrected chi connectivity index (χ2v) is 4.97. The standard InChI is InChI=1S/C11H14.C3H7Br/c1-2-5-10(6-3-1)9-11-7-4-8-11;1-2-3-4/h1-3,5-6,11H,4,7-9H2;2-3H2,1H3. The van der Waals surface area contributed by atoms with Crippen LogP contribution in [-0.2, 0) is 6.42 Å². The summed E-state index contributed by atoms with van der Waals surface area (Å²) in [5, 5.41) is 1.13. The Morgan fingerprint density at radius 1 is 1.20 bits per heavy atom. The van der Waals surface area contributed by atoms with Crippen LogP contribution in [0.3, 0.4) is 0 Å². The highest BCUT2D eigenvalue weighted by Crippen LogP contribution is 2.29. The van der Waals surface area contributed by atoms with E-state index >= 15 is 0 Å². The molecule has 1 aliphatic rings. The normalized spacial score (nSPS) is 15.1. The Labute approximate surface area is 102 Å². The Kier molecular flexibility index (Phi) is 6.74. The summed E-state index contributed by atoms with van der Waals surface area (Å²) in [5.74, 6) is 0.998. The summed E-state index contributed by atoms with van der Waals surface area (Å²) in [6, 6.07) is 10.8. The number of hydrogen-bond donors (Lipinski definition) is 0. The van der Waals surface area contributed by atoms with Crippen molar-refractivity contribution in [3.63, 3.8) is 0 Å². The first-order valence-corrected chi connectivity index (χ1v) is 7.08. The van der Waals surface area contributed by atoms with Gasteiger partial charge >= 0.3 is 0 Å². The maximum Gasteiger partial charge on any atom is 0.00286 e. The van der Waals surface area contributed by atoms with Crippen LogP contribution in [0.5, 0.6) is 0 Å². The molecule has 0 N–H and O–H groups in total. The maximum atomic E-state index is 3.25.